The van der Waals surface area contributed by atoms with Gasteiger partial charge < -0.3 is 37.2 Å². The van der Waals surface area contributed by atoms with E-state index in [9.17, 15) is 0 Å². The van der Waals surface area contributed by atoms with Crippen LogP contribution in [0.5, 0.6) is 0 Å². The van der Waals surface area contributed by atoms with Gasteiger partial charge in [0.05, 0.1) is 48.4 Å². The zero-order valence-corrected chi connectivity index (χ0v) is 55.7. The van der Waals surface area contributed by atoms with Crippen LogP contribution in [-0.2, 0) is 21.7 Å². The third kappa shape index (κ3) is 10.7. The van der Waals surface area contributed by atoms with E-state index >= 15 is 0 Å². The van der Waals surface area contributed by atoms with E-state index in [-0.39, 0.29) is 58.9 Å². The van der Waals surface area contributed by atoms with Crippen molar-refractivity contribution in [2.45, 2.75) is 187 Å². The Hall–Kier alpha value is 0.112. The Bertz CT molecular complexity index is 2060. The standard InChI is InChI=1S/C51H87Si7.3ClH.Ti/c1-32-33(2)38(7)48(37(32)6)58(49-39(8)34(3)42(52(11,12)13)29-45(49)55(20,21)22,50-40(9)35(4)43(53(14,15)16)30-46(50)56(23,24)25)51-41(10)36(5)44(54(17,18)19)31-47(51)57(26,27)28;;;;/h29-31H,1-28H3;3*1H;/q-1;;;;+4/p-3. The van der Waals surface area contributed by atoms with Crippen molar-refractivity contribution in [1.29, 1.82) is 0 Å². The van der Waals surface area contributed by atoms with E-state index < -0.39 is 56.5 Å². The average molecular weight is 1050 g/mol. The third-order valence-electron chi connectivity index (χ3n) is 14.5. The van der Waals surface area contributed by atoms with Gasteiger partial charge in [-0.2, -0.15) is 27.4 Å². The monoisotopic (exact) mass is 1050 g/mol. The van der Waals surface area contributed by atoms with Crippen molar-refractivity contribution in [2.24, 2.45) is 0 Å². The van der Waals surface area contributed by atoms with Gasteiger partial charge in [0, 0.05) is 0 Å². The van der Waals surface area contributed by atoms with E-state index in [4.69, 9.17) is 0 Å². The number of hydrogen-bond donors (Lipinski definition) is 0. The molecule has 0 spiro atoms. The summed E-state index contributed by atoms with van der Waals surface area (Å²) in [7, 11) is -14.1. The first kappa shape index (κ1) is 62.1. The smallest absolute Gasteiger partial charge is 1.00 e. The molecule has 62 heavy (non-hydrogen) atoms. The molecule has 0 aliphatic carbocycles. The van der Waals surface area contributed by atoms with Gasteiger partial charge in [0.15, 0.2) is 8.07 Å². The van der Waals surface area contributed by atoms with Gasteiger partial charge in [-0.3, -0.25) is 0 Å². The molecule has 0 radical (unpaired) electrons. The number of hydrogen-bond acceptors (Lipinski definition) is 0. The van der Waals surface area contributed by atoms with Gasteiger partial charge in [-0.15, -0.1) is 0 Å². The quantitative estimate of drug-likeness (QED) is 0.121. The Kier molecular flexibility index (Phi) is 20.0. The predicted octanol–water partition coefficient (Wildman–Crippen LogP) is 0.148. The maximum absolute atomic E-state index is 3.19. The molecule has 0 aliphatic heterocycles. The molecule has 0 unspecified atom stereocenters. The van der Waals surface area contributed by atoms with Gasteiger partial charge in [0.25, 0.3) is 0 Å². The first-order valence-corrected chi connectivity index (χ1v) is 45.5. The van der Waals surface area contributed by atoms with E-state index in [0.29, 0.717) is 0 Å². The Morgan fingerprint density at radius 2 is 0.516 bits per heavy atom. The predicted molar refractivity (Wildman–Crippen MR) is 291 cm³/mol. The van der Waals surface area contributed by atoms with Crippen molar-refractivity contribution in [1.82, 2.24) is 0 Å². The molecule has 4 rings (SSSR count). The molecule has 0 amide bonds. The van der Waals surface area contributed by atoms with Crippen molar-refractivity contribution < 1.29 is 58.9 Å². The van der Waals surface area contributed by atoms with Crippen LogP contribution in [0.1, 0.15) is 55.6 Å². The molecule has 0 saturated carbocycles. The Balaban J connectivity index is 0.00000930. The van der Waals surface area contributed by atoms with Crippen LogP contribution in [0, 0.1) is 69.2 Å². The van der Waals surface area contributed by atoms with Crippen LogP contribution in [0.15, 0.2) is 18.2 Å². The summed E-state index contributed by atoms with van der Waals surface area (Å²) in [6.07, 6.45) is 0. The fourth-order valence-corrected chi connectivity index (χ4v) is 33.2. The van der Waals surface area contributed by atoms with Crippen LogP contribution in [0.4, 0.5) is 0 Å². The fourth-order valence-electron chi connectivity index (χ4n) is 10.8. The minimum Gasteiger partial charge on any atom is -1.00 e. The maximum atomic E-state index is 2.85. The minimum atomic E-state index is -3.19. The molecule has 0 N–H and O–H groups in total. The zero-order chi connectivity index (χ0) is 45.2. The first-order chi connectivity index (χ1) is 25.8. The molecular formula is C51H87Cl3Si7Ti. The summed E-state index contributed by atoms with van der Waals surface area (Å²) >= 11 is 0. The van der Waals surface area contributed by atoms with Gasteiger partial charge in [-0.1, -0.05) is 195 Å². The molecule has 0 fully saturated rings. The van der Waals surface area contributed by atoms with Crippen LogP contribution in [0.3, 0.4) is 0 Å². The topological polar surface area (TPSA) is 0 Å². The minimum absolute atomic E-state index is 0. The van der Waals surface area contributed by atoms with E-state index in [2.05, 4.69) is 205 Å². The van der Waals surface area contributed by atoms with Crippen LogP contribution in [0.25, 0.3) is 0 Å². The van der Waals surface area contributed by atoms with Crippen molar-refractivity contribution in [3.8, 4) is 0 Å². The SMILES string of the molecule is Cc1c([Si](C)(C)C)cc([Si](C)(C)C)c([Si](c2c([Si](C)(C)C)cc([Si](C)(C)C)c(C)c2C)(c2c([Si](C)(C)C)cc([Si](C)(C)C)c(C)c2C)c2c(C)c(C)c(C)[c-]2C)c1C.[Cl-].[Cl-].[Cl-].[Ti+4]. The van der Waals surface area contributed by atoms with Crippen molar-refractivity contribution in [2.75, 3.05) is 0 Å². The maximum Gasteiger partial charge on any atom is 4.00 e. The summed E-state index contributed by atoms with van der Waals surface area (Å²) < 4.78 is 0. The van der Waals surface area contributed by atoms with Crippen LogP contribution < -0.4 is 89.1 Å². The molecule has 0 aliphatic rings. The second-order valence-electron chi connectivity index (χ2n) is 24.9. The normalized spacial score (nSPS) is 13.0. The number of rotatable bonds is 10. The summed E-state index contributed by atoms with van der Waals surface area (Å²) in [6, 6.07) is 8.56. The van der Waals surface area contributed by atoms with Gasteiger partial charge in [0.2, 0.25) is 0 Å². The van der Waals surface area contributed by atoms with Crippen molar-refractivity contribution in [3.63, 3.8) is 0 Å². The van der Waals surface area contributed by atoms with Crippen LogP contribution >= 0.6 is 0 Å². The van der Waals surface area contributed by atoms with Crippen molar-refractivity contribution >= 4 is 108 Å². The summed E-state index contributed by atoms with van der Waals surface area (Å²) in [5, 5.41) is 17.4. The van der Waals surface area contributed by atoms with E-state index in [0.717, 1.165) is 0 Å². The van der Waals surface area contributed by atoms with Crippen LogP contribution in [-0.4, -0.2) is 56.5 Å². The van der Waals surface area contributed by atoms with Gasteiger partial charge >= 0.3 is 21.7 Å². The number of benzene rings is 3. The van der Waals surface area contributed by atoms with E-state index in [1.165, 1.54) is 11.1 Å². The molecule has 4 aromatic carbocycles. The summed E-state index contributed by atoms with van der Waals surface area (Å²) in [5.74, 6) is 0. The van der Waals surface area contributed by atoms with Gasteiger partial charge in [0.1, 0.15) is 0 Å². The third-order valence-corrected chi connectivity index (χ3v) is 33.4. The van der Waals surface area contributed by atoms with E-state index in [1.54, 1.807) is 96.4 Å². The molecule has 0 nitrogen and oxygen atoms in total. The van der Waals surface area contributed by atoms with Gasteiger partial charge in [-0.25, -0.2) is 0 Å². The Morgan fingerprint density at radius 1 is 0.306 bits per heavy atom. The first-order valence-electron chi connectivity index (χ1n) is 22.5. The average Bonchev–Trinajstić information content (AvgIpc) is 3.21. The summed E-state index contributed by atoms with van der Waals surface area (Å²) in [4.78, 5) is 0. The molecule has 11 heteroatoms. The summed E-state index contributed by atoms with van der Waals surface area (Å²) in [5.41, 5.74) is 15.7. The molecule has 0 bridgehead atoms. The Labute approximate surface area is 424 Å². The second-order valence-corrected chi connectivity index (χ2v) is 58.6. The van der Waals surface area contributed by atoms with Crippen LogP contribution in [0.2, 0.25) is 118 Å². The molecule has 0 atom stereocenters. The molecule has 4 aromatic rings. The summed E-state index contributed by atoms with van der Waals surface area (Å²) in [6.45, 7) is 72.7. The molecular weight excluding hydrogens is 963 g/mol. The second kappa shape index (κ2) is 20.0. The van der Waals surface area contributed by atoms with Crippen molar-refractivity contribution in [3.05, 3.63) is 73.8 Å². The Morgan fingerprint density at radius 3 is 0.677 bits per heavy atom. The zero-order valence-electron chi connectivity index (χ0n) is 44.9. The largest absolute Gasteiger partial charge is 4.00 e. The number of halogens is 3. The molecule has 0 aromatic heterocycles. The van der Waals surface area contributed by atoms with E-state index in [1.807, 2.05) is 0 Å². The molecule has 0 heterocycles. The molecule has 0 saturated heterocycles. The fraction of sp³-hybridized carbons (Fsp3) is 0.549. The van der Waals surface area contributed by atoms with Gasteiger partial charge in [-0.05, 0) is 90.5 Å². The molecule has 344 valence electrons.